The molecular weight excluding hydrogens is 461 g/mol. The molecule has 144 valence electrons. The Bertz CT molecular complexity index is 748. The van der Waals surface area contributed by atoms with Crippen LogP contribution in [0.1, 0.15) is 23.7 Å². The SMILES string of the molecule is CCCOc1ccc(OCCOC(=O)CNC(=O)c2ccccc2I)cc1. The fourth-order valence-corrected chi connectivity index (χ4v) is 2.74. The van der Waals surface area contributed by atoms with Crippen LogP contribution in [0.2, 0.25) is 0 Å². The normalized spacial score (nSPS) is 10.1. The summed E-state index contributed by atoms with van der Waals surface area (Å²) in [4.78, 5) is 23.7. The van der Waals surface area contributed by atoms with Gasteiger partial charge in [0.15, 0.2) is 0 Å². The monoisotopic (exact) mass is 483 g/mol. The zero-order valence-electron chi connectivity index (χ0n) is 15.1. The van der Waals surface area contributed by atoms with Gasteiger partial charge in [-0.25, -0.2) is 0 Å². The number of benzene rings is 2. The Kier molecular flexibility index (Phi) is 8.90. The van der Waals surface area contributed by atoms with Crippen LogP contribution in [0.5, 0.6) is 11.5 Å². The van der Waals surface area contributed by atoms with Crippen molar-refractivity contribution in [2.24, 2.45) is 0 Å². The molecule has 0 aliphatic heterocycles. The van der Waals surface area contributed by atoms with E-state index >= 15 is 0 Å². The number of hydrogen-bond donors (Lipinski definition) is 1. The number of carbonyl (C=O) groups is 2. The van der Waals surface area contributed by atoms with Crippen molar-refractivity contribution < 1.29 is 23.8 Å². The number of rotatable bonds is 10. The maximum absolute atomic E-state index is 12.0. The number of halogens is 1. The van der Waals surface area contributed by atoms with Crippen LogP contribution in [0.25, 0.3) is 0 Å². The summed E-state index contributed by atoms with van der Waals surface area (Å²) in [6.45, 7) is 2.87. The largest absolute Gasteiger partial charge is 0.494 e. The van der Waals surface area contributed by atoms with Gasteiger partial charge in [-0.1, -0.05) is 19.1 Å². The highest BCUT2D eigenvalue weighted by atomic mass is 127. The molecule has 2 rings (SSSR count). The van der Waals surface area contributed by atoms with E-state index in [1.54, 1.807) is 24.3 Å². The van der Waals surface area contributed by atoms with Crippen molar-refractivity contribution in [2.45, 2.75) is 13.3 Å². The van der Waals surface area contributed by atoms with Gasteiger partial charge in [-0.05, 0) is 65.4 Å². The first-order valence-electron chi connectivity index (χ1n) is 8.64. The molecule has 0 aliphatic rings. The quantitative estimate of drug-likeness (QED) is 0.319. The highest BCUT2D eigenvalue weighted by Crippen LogP contribution is 2.17. The Labute approximate surface area is 172 Å². The zero-order chi connectivity index (χ0) is 19.5. The molecule has 2 aromatic rings. The Morgan fingerprint density at radius 2 is 1.56 bits per heavy atom. The summed E-state index contributed by atoms with van der Waals surface area (Å²) >= 11 is 2.07. The Hall–Kier alpha value is -2.29. The van der Waals surface area contributed by atoms with Gasteiger partial charge in [-0.2, -0.15) is 0 Å². The topological polar surface area (TPSA) is 73.9 Å². The third kappa shape index (κ3) is 7.46. The van der Waals surface area contributed by atoms with Crippen LogP contribution in [0, 0.1) is 3.57 Å². The molecule has 0 atom stereocenters. The maximum Gasteiger partial charge on any atom is 0.325 e. The highest BCUT2D eigenvalue weighted by Gasteiger charge is 2.11. The summed E-state index contributed by atoms with van der Waals surface area (Å²) in [5.74, 6) is 0.640. The second-order valence-electron chi connectivity index (χ2n) is 5.55. The Morgan fingerprint density at radius 1 is 0.926 bits per heavy atom. The van der Waals surface area contributed by atoms with E-state index in [-0.39, 0.29) is 25.7 Å². The third-order valence-electron chi connectivity index (χ3n) is 3.42. The molecular formula is C20H22INO5. The fourth-order valence-electron chi connectivity index (χ4n) is 2.11. The summed E-state index contributed by atoms with van der Waals surface area (Å²) < 4.78 is 16.9. The minimum Gasteiger partial charge on any atom is -0.494 e. The van der Waals surface area contributed by atoms with Crippen LogP contribution < -0.4 is 14.8 Å². The molecule has 1 N–H and O–H groups in total. The predicted molar refractivity (Wildman–Crippen MR) is 110 cm³/mol. The lowest BCUT2D eigenvalue weighted by molar-refractivity contribution is -0.143. The first kappa shape index (κ1) is 21.0. The molecule has 0 unspecified atom stereocenters. The smallest absolute Gasteiger partial charge is 0.325 e. The molecule has 7 heteroatoms. The van der Waals surface area contributed by atoms with E-state index in [0.29, 0.717) is 17.9 Å². The van der Waals surface area contributed by atoms with Gasteiger partial charge in [0.25, 0.3) is 5.91 Å². The van der Waals surface area contributed by atoms with E-state index in [0.717, 1.165) is 15.7 Å². The van der Waals surface area contributed by atoms with Crippen LogP contribution in [0.15, 0.2) is 48.5 Å². The number of hydrogen-bond acceptors (Lipinski definition) is 5. The summed E-state index contributed by atoms with van der Waals surface area (Å²) in [5, 5.41) is 2.55. The van der Waals surface area contributed by atoms with E-state index in [1.165, 1.54) is 0 Å². The van der Waals surface area contributed by atoms with E-state index in [2.05, 4.69) is 27.9 Å². The van der Waals surface area contributed by atoms with E-state index in [4.69, 9.17) is 14.2 Å². The van der Waals surface area contributed by atoms with Crippen LogP contribution in [0.3, 0.4) is 0 Å². The number of esters is 1. The molecule has 0 saturated carbocycles. The molecule has 0 aliphatic carbocycles. The van der Waals surface area contributed by atoms with Crippen molar-refractivity contribution in [3.05, 3.63) is 57.7 Å². The Balaban J connectivity index is 1.63. The van der Waals surface area contributed by atoms with Gasteiger partial charge in [-0.3, -0.25) is 9.59 Å². The molecule has 0 fully saturated rings. The van der Waals surface area contributed by atoms with Crippen molar-refractivity contribution in [2.75, 3.05) is 26.4 Å². The highest BCUT2D eigenvalue weighted by molar-refractivity contribution is 14.1. The molecule has 1 amide bonds. The van der Waals surface area contributed by atoms with Gasteiger partial charge >= 0.3 is 5.97 Å². The van der Waals surface area contributed by atoms with Crippen molar-refractivity contribution in [3.63, 3.8) is 0 Å². The summed E-state index contributed by atoms with van der Waals surface area (Å²) in [6.07, 6.45) is 0.953. The number of carbonyl (C=O) groups excluding carboxylic acids is 2. The number of nitrogens with one attached hydrogen (secondary N) is 1. The molecule has 0 bridgehead atoms. The van der Waals surface area contributed by atoms with Crippen molar-refractivity contribution in [1.82, 2.24) is 5.32 Å². The van der Waals surface area contributed by atoms with E-state index < -0.39 is 5.97 Å². The van der Waals surface area contributed by atoms with Gasteiger partial charge in [0.2, 0.25) is 0 Å². The minimum absolute atomic E-state index is 0.103. The lowest BCUT2D eigenvalue weighted by Gasteiger charge is -2.09. The molecule has 0 saturated heterocycles. The molecule has 0 radical (unpaired) electrons. The molecule has 2 aromatic carbocycles. The van der Waals surface area contributed by atoms with Gasteiger partial charge < -0.3 is 19.5 Å². The van der Waals surface area contributed by atoms with Crippen LogP contribution >= 0.6 is 22.6 Å². The van der Waals surface area contributed by atoms with E-state index in [9.17, 15) is 9.59 Å². The third-order valence-corrected chi connectivity index (χ3v) is 4.36. The molecule has 6 nitrogen and oxygen atoms in total. The molecule has 27 heavy (non-hydrogen) atoms. The first-order chi connectivity index (χ1) is 13.1. The maximum atomic E-state index is 12.0. The molecule has 0 heterocycles. The average Bonchev–Trinajstić information content (AvgIpc) is 2.69. The van der Waals surface area contributed by atoms with Crippen LogP contribution in [0.4, 0.5) is 0 Å². The second kappa shape index (κ2) is 11.4. The standard InChI is InChI=1S/C20H22INO5/c1-2-11-25-15-7-9-16(10-8-15)26-12-13-27-19(23)14-22-20(24)17-5-3-4-6-18(17)21/h3-10H,2,11-14H2,1H3,(H,22,24). The van der Waals surface area contributed by atoms with Crippen molar-refractivity contribution in [1.29, 1.82) is 0 Å². The van der Waals surface area contributed by atoms with Crippen LogP contribution in [-0.4, -0.2) is 38.2 Å². The number of ether oxygens (including phenoxy) is 3. The predicted octanol–water partition coefficient (Wildman–Crippen LogP) is 3.43. The second-order valence-corrected chi connectivity index (χ2v) is 6.71. The van der Waals surface area contributed by atoms with Crippen molar-refractivity contribution >= 4 is 34.5 Å². The van der Waals surface area contributed by atoms with Crippen LogP contribution in [-0.2, 0) is 9.53 Å². The zero-order valence-corrected chi connectivity index (χ0v) is 17.2. The van der Waals surface area contributed by atoms with Gasteiger partial charge in [0.05, 0.1) is 12.2 Å². The molecule has 0 aromatic heterocycles. The molecule has 0 spiro atoms. The first-order valence-corrected chi connectivity index (χ1v) is 9.72. The summed E-state index contributed by atoms with van der Waals surface area (Å²) in [6, 6.07) is 14.4. The minimum atomic E-state index is -0.513. The lowest BCUT2D eigenvalue weighted by atomic mass is 10.2. The van der Waals surface area contributed by atoms with Gasteiger partial charge in [-0.15, -0.1) is 0 Å². The van der Waals surface area contributed by atoms with Crippen molar-refractivity contribution in [3.8, 4) is 11.5 Å². The fraction of sp³-hybridized carbons (Fsp3) is 0.300. The number of amides is 1. The summed E-state index contributed by atoms with van der Waals surface area (Å²) in [5.41, 5.74) is 0.528. The van der Waals surface area contributed by atoms with Gasteiger partial charge in [0.1, 0.15) is 31.3 Å². The lowest BCUT2D eigenvalue weighted by Crippen LogP contribution is -2.31. The Morgan fingerprint density at radius 3 is 2.19 bits per heavy atom. The average molecular weight is 483 g/mol. The van der Waals surface area contributed by atoms with Gasteiger partial charge in [0, 0.05) is 3.57 Å². The summed E-state index contributed by atoms with van der Waals surface area (Å²) in [7, 11) is 0. The van der Waals surface area contributed by atoms with E-state index in [1.807, 2.05) is 31.2 Å².